The van der Waals surface area contributed by atoms with Crippen molar-refractivity contribution in [3.8, 4) is 33.9 Å². The van der Waals surface area contributed by atoms with Crippen LogP contribution in [0.1, 0.15) is 28.6 Å². The Balaban J connectivity index is 1.09. The third-order valence-corrected chi connectivity index (χ3v) is 11.6. The van der Waals surface area contributed by atoms with Crippen LogP contribution in [0.3, 0.4) is 0 Å². The molecule has 1 unspecified atom stereocenters. The van der Waals surface area contributed by atoms with Crippen molar-refractivity contribution in [2.75, 3.05) is 0 Å². The summed E-state index contributed by atoms with van der Waals surface area (Å²) in [5.74, 6) is 2.72. The quantitative estimate of drug-likeness (QED) is 0.176. The minimum absolute atomic E-state index is 0.0332. The first kappa shape index (κ1) is 32.6. The molecule has 0 N–H and O–H groups in total. The molecule has 12 rings (SSSR count). The standard InChI is InChI=1S/C53H33N3O2/c1-2-11-32(12-3-1)36-24-21-34-23-26-38(29-39(34)28-36)52-54-51(37-25-22-33-13-4-5-14-35(33)27-37)55-53(56-52)44-30-40(31-48-50(44)43-16-7-9-19-46(43)58-48)41-17-10-20-47-49(41)42-15-6-8-18-45(42)57-47/h1-30,40H,31H2. The van der Waals surface area contributed by atoms with Crippen LogP contribution in [0.15, 0.2) is 191 Å². The zero-order valence-electron chi connectivity index (χ0n) is 31.3. The number of hydrogen-bond acceptors (Lipinski definition) is 5. The summed E-state index contributed by atoms with van der Waals surface area (Å²) in [6.07, 6.45) is 3.03. The first-order valence-corrected chi connectivity index (χ1v) is 19.7. The molecule has 272 valence electrons. The smallest absolute Gasteiger partial charge is 0.164 e. The summed E-state index contributed by atoms with van der Waals surface area (Å²) < 4.78 is 13.1. The van der Waals surface area contributed by atoms with Gasteiger partial charge in [0.25, 0.3) is 0 Å². The predicted octanol–water partition coefficient (Wildman–Crippen LogP) is 13.6. The van der Waals surface area contributed by atoms with Crippen LogP contribution in [0, 0.1) is 0 Å². The van der Waals surface area contributed by atoms with Gasteiger partial charge < -0.3 is 8.83 Å². The minimum atomic E-state index is -0.0332. The molecule has 0 fully saturated rings. The molecule has 0 saturated heterocycles. The summed E-state index contributed by atoms with van der Waals surface area (Å²) in [6.45, 7) is 0. The van der Waals surface area contributed by atoms with Gasteiger partial charge in [-0.2, -0.15) is 0 Å². The van der Waals surface area contributed by atoms with E-state index in [9.17, 15) is 0 Å². The van der Waals surface area contributed by atoms with E-state index in [1.54, 1.807) is 0 Å². The van der Waals surface area contributed by atoms with E-state index in [2.05, 4.69) is 152 Å². The van der Waals surface area contributed by atoms with Crippen molar-refractivity contribution in [1.82, 2.24) is 15.0 Å². The molecule has 0 amide bonds. The van der Waals surface area contributed by atoms with Crippen LogP contribution in [0.4, 0.5) is 0 Å². The van der Waals surface area contributed by atoms with Crippen LogP contribution in [0.25, 0.3) is 93.9 Å². The Hall–Kier alpha value is -7.63. The highest BCUT2D eigenvalue weighted by Gasteiger charge is 2.31. The molecular formula is C53H33N3O2. The third-order valence-electron chi connectivity index (χ3n) is 11.6. The molecule has 3 heterocycles. The number of fused-ring (bicyclic) bond motifs is 8. The first-order valence-electron chi connectivity index (χ1n) is 19.7. The Morgan fingerprint density at radius 2 is 1.00 bits per heavy atom. The number of allylic oxidation sites excluding steroid dienone is 1. The minimum Gasteiger partial charge on any atom is -0.460 e. The molecule has 8 aromatic carbocycles. The highest BCUT2D eigenvalue weighted by atomic mass is 16.3. The van der Waals surface area contributed by atoms with Gasteiger partial charge >= 0.3 is 0 Å². The van der Waals surface area contributed by atoms with E-state index in [0.717, 1.165) is 88.0 Å². The molecule has 5 heteroatoms. The Bertz CT molecular complexity index is 3450. The Kier molecular flexibility index (Phi) is 7.29. The van der Waals surface area contributed by atoms with Gasteiger partial charge in [0.05, 0.1) is 0 Å². The molecule has 0 radical (unpaired) electrons. The lowest BCUT2D eigenvalue weighted by Gasteiger charge is -2.22. The van der Waals surface area contributed by atoms with Gasteiger partial charge in [-0.15, -0.1) is 0 Å². The van der Waals surface area contributed by atoms with Crippen molar-refractivity contribution in [2.45, 2.75) is 12.3 Å². The van der Waals surface area contributed by atoms with E-state index < -0.39 is 0 Å². The normalized spacial score (nSPS) is 14.1. The average Bonchev–Trinajstić information content (AvgIpc) is 3.87. The van der Waals surface area contributed by atoms with Crippen molar-refractivity contribution in [3.05, 3.63) is 205 Å². The highest BCUT2D eigenvalue weighted by Crippen LogP contribution is 2.45. The van der Waals surface area contributed by atoms with Gasteiger partial charge in [-0.1, -0.05) is 146 Å². The zero-order chi connectivity index (χ0) is 38.2. The van der Waals surface area contributed by atoms with E-state index in [1.165, 1.54) is 11.1 Å². The van der Waals surface area contributed by atoms with Gasteiger partial charge in [0, 0.05) is 50.8 Å². The number of rotatable bonds is 5. The fourth-order valence-corrected chi connectivity index (χ4v) is 8.85. The van der Waals surface area contributed by atoms with Gasteiger partial charge in [-0.25, -0.2) is 15.0 Å². The van der Waals surface area contributed by atoms with E-state index >= 15 is 0 Å². The van der Waals surface area contributed by atoms with Crippen molar-refractivity contribution < 1.29 is 8.83 Å². The van der Waals surface area contributed by atoms with Crippen LogP contribution in [-0.4, -0.2) is 15.0 Å². The summed E-state index contributed by atoms with van der Waals surface area (Å²) in [5, 5.41) is 7.83. The molecule has 58 heavy (non-hydrogen) atoms. The fraction of sp³-hybridized carbons (Fsp3) is 0.0377. The van der Waals surface area contributed by atoms with E-state index in [0.29, 0.717) is 23.9 Å². The molecule has 0 saturated carbocycles. The number of para-hydroxylation sites is 2. The van der Waals surface area contributed by atoms with Crippen molar-refractivity contribution >= 4 is 60.0 Å². The largest absolute Gasteiger partial charge is 0.460 e. The summed E-state index contributed by atoms with van der Waals surface area (Å²) in [4.78, 5) is 15.9. The molecular weight excluding hydrogens is 711 g/mol. The maximum Gasteiger partial charge on any atom is 0.164 e. The molecule has 5 nitrogen and oxygen atoms in total. The number of benzene rings is 8. The second kappa shape index (κ2) is 13.0. The van der Waals surface area contributed by atoms with E-state index in [-0.39, 0.29) is 5.92 Å². The SMILES string of the molecule is C1=C(c2nc(-c3ccc4ccccc4c3)nc(-c3ccc4ccc(-c5ccccc5)cc4c3)n2)c2c(oc3ccccc23)CC1c1cccc2oc3ccccc3c12. The van der Waals surface area contributed by atoms with Gasteiger partial charge in [-0.05, 0) is 74.6 Å². The monoisotopic (exact) mass is 743 g/mol. The predicted molar refractivity (Wildman–Crippen MR) is 235 cm³/mol. The van der Waals surface area contributed by atoms with Crippen molar-refractivity contribution in [1.29, 1.82) is 0 Å². The summed E-state index contributed by atoms with van der Waals surface area (Å²) in [6, 6.07) is 61.3. The van der Waals surface area contributed by atoms with Gasteiger partial charge in [0.2, 0.25) is 0 Å². The van der Waals surface area contributed by atoms with E-state index in [4.69, 9.17) is 23.8 Å². The first-order chi connectivity index (χ1) is 28.7. The Morgan fingerprint density at radius 3 is 1.79 bits per heavy atom. The topological polar surface area (TPSA) is 65.0 Å². The maximum absolute atomic E-state index is 6.71. The lowest BCUT2D eigenvalue weighted by molar-refractivity contribution is 0.532. The molecule has 1 aliphatic carbocycles. The molecule has 1 atom stereocenters. The number of furan rings is 2. The second-order valence-electron chi connectivity index (χ2n) is 15.1. The molecule has 11 aromatic rings. The summed E-state index contributed by atoms with van der Waals surface area (Å²) in [5.41, 5.74) is 9.92. The van der Waals surface area contributed by atoms with Crippen molar-refractivity contribution in [2.24, 2.45) is 0 Å². The number of aromatic nitrogens is 3. The van der Waals surface area contributed by atoms with E-state index in [1.807, 2.05) is 30.3 Å². The second-order valence-corrected chi connectivity index (χ2v) is 15.1. The highest BCUT2D eigenvalue weighted by molar-refractivity contribution is 6.07. The molecule has 0 aliphatic heterocycles. The average molecular weight is 744 g/mol. The molecule has 1 aliphatic rings. The fourth-order valence-electron chi connectivity index (χ4n) is 8.85. The van der Waals surface area contributed by atoms with Gasteiger partial charge in [-0.3, -0.25) is 0 Å². The lowest BCUT2D eigenvalue weighted by atomic mass is 9.82. The third kappa shape index (κ3) is 5.35. The van der Waals surface area contributed by atoms with Crippen LogP contribution in [-0.2, 0) is 6.42 Å². The number of hydrogen-bond donors (Lipinski definition) is 0. The lowest BCUT2D eigenvalue weighted by Crippen LogP contribution is -2.11. The molecule has 3 aromatic heterocycles. The van der Waals surface area contributed by atoms with Gasteiger partial charge in [0.15, 0.2) is 17.5 Å². The maximum atomic E-state index is 6.71. The Morgan fingerprint density at radius 1 is 0.414 bits per heavy atom. The molecule has 0 spiro atoms. The zero-order valence-corrected chi connectivity index (χ0v) is 31.3. The van der Waals surface area contributed by atoms with Crippen LogP contribution in [0.5, 0.6) is 0 Å². The van der Waals surface area contributed by atoms with Crippen LogP contribution < -0.4 is 0 Å². The Labute approximate surface area is 333 Å². The van der Waals surface area contributed by atoms with Crippen molar-refractivity contribution in [3.63, 3.8) is 0 Å². The summed E-state index contributed by atoms with van der Waals surface area (Å²) >= 11 is 0. The van der Waals surface area contributed by atoms with Crippen LogP contribution >= 0.6 is 0 Å². The number of nitrogens with zero attached hydrogens (tertiary/aromatic N) is 3. The van der Waals surface area contributed by atoms with Crippen LogP contribution in [0.2, 0.25) is 0 Å². The summed E-state index contributed by atoms with van der Waals surface area (Å²) in [7, 11) is 0. The van der Waals surface area contributed by atoms with Gasteiger partial charge in [0.1, 0.15) is 22.5 Å². The molecule has 0 bridgehead atoms.